The van der Waals surface area contributed by atoms with E-state index in [0.717, 1.165) is 21.5 Å². The highest BCUT2D eigenvalue weighted by molar-refractivity contribution is 7.19. The number of halogens is 1. The molecule has 4 rings (SSSR count). The van der Waals surface area contributed by atoms with Crippen LogP contribution in [0, 0.1) is 12.7 Å². The molecule has 0 aliphatic carbocycles. The third-order valence-corrected chi connectivity index (χ3v) is 7.73. The zero-order valence-corrected chi connectivity index (χ0v) is 20.7. The van der Waals surface area contributed by atoms with Crippen LogP contribution in [0.25, 0.3) is 10.2 Å². The molecule has 0 saturated carbocycles. The van der Waals surface area contributed by atoms with Crippen molar-refractivity contribution in [3.05, 3.63) is 84.7 Å². The molecule has 1 atom stereocenters. The van der Waals surface area contributed by atoms with Crippen LogP contribution in [0.2, 0.25) is 0 Å². The molecule has 2 N–H and O–H groups in total. The molecular formula is C24H25FN4O3S2. The summed E-state index contributed by atoms with van der Waals surface area (Å²) in [4.78, 5) is 33.1. The van der Waals surface area contributed by atoms with E-state index in [-0.39, 0.29) is 23.4 Å². The van der Waals surface area contributed by atoms with Crippen molar-refractivity contribution in [2.45, 2.75) is 26.1 Å². The minimum atomic E-state index is -0.678. The van der Waals surface area contributed by atoms with Crippen LogP contribution >= 0.6 is 22.7 Å². The molecule has 1 amide bonds. The van der Waals surface area contributed by atoms with Crippen molar-refractivity contribution in [2.24, 2.45) is 7.05 Å². The van der Waals surface area contributed by atoms with Crippen molar-refractivity contribution in [1.82, 2.24) is 19.8 Å². The molecule has 7 nitrogen and oxygen atoms in total. The first-order valence-corrected chi connectivity index (χ1v) is 12.3. The number of carbonyl (C=O) groups excluding carboxylic acids is 1. The molecule has 34 heavy (non-hydrogen) atoms. The summed E-state index contributed by atoms with van der Waals surface area (Å²) < 4.78 is 15.4. The Morgan fingerprint density at radius 1 is 1.32 bits per heavy atom. The van der Waals surface area contributed by atoms with Gasteiger partial charge in [-0.1, -0.05) is 12.1 Å². The minimum Gasteiger partial charge on any atom is -0.385 e. The quantitative estimate of drug-likeness (QED) is 0.386. The van der Waals surface area contributed by atoms with Crippen LogP contribution in [-0.2, 0) is 20.1 Å². The van der Waals surface area contributed by atoms with Crippen molar-refractivity contribution in [1.29, 1.82) is 0 Å². The number of likely N-dealkylation sites (N-methyl/N-ethyl adjacent to an activating group) is 1. The maximum absolute atomic E-state index is 13.2. The number of amides is 1. The number of aliphatic hydroxyl groups is 1. The van der Waals surface area contributed by atoms with Gasteiger partial charge in [0.25, 0.3) is 5.91 Å². The number of rotatable bonds is 8. The molecular weight excluding hydrogens is 475 g/mol. The summed E-state index contributed by atoms with van der Waals surface area (Å²) in [6.07, 6.45) is 2.55. The zero-order valence-electron chi connectivity index (χ0n) is 19.0. The van der Waals surface area contributed by atoms with Gasteiger partial charge in [0, 0.05) is 49.3 Å². The highest BCUT2D eigenvalue weighted by atomic mass is 32.1. The molecule has 4 aromatic rings. The maximum atomic E-state index is 13.2. The van der Waals surface area contributed by atoms with Crippen LogP contribution in [0.4, 0.5) is 4.39 Å². The first kappa shape index (κ1) is 24.2. The molecule has 0 aliphatic heterocycles. The number of aromatic nitrogens is 2. The van der Waals surface area contributed by atoms with E-state index in [9.17, 15) is 19.1 Å². The van der Waals surface area contributed by atoms with Crippen molar-refractivity contribution >= 4 is 38.8 Å². The molecule has 1 aromatic carbocycles. The summed E-state index contributed by atoms with van der Waals surface area (Å²) in [6, 6.07) is 5.84. The number of thiophene rings is 1. The predicted molar refractivity (Wildman–Crippen MR) is 133 cm³/mol. The van der Waals surface area contributed by atoms with E-state index in [4.69, 9.17) is 0 Å². The first-order chi connectivity index (χ1) is 16.2. The molecule has 0 fully saturated rings. The number of benzene rings is 1. The summed E-state index contributed by atoms with van der Waals surface area (Å²) in [5.41, 5.74) is 2.28. The van der Waals surface area contributed by atoms with E-state index in [0.29, 0.717) is 22.8 Å². The van der Waals surface area contributed by atoms with Crippen LogP contribution in [-0.4, -0.2) is 39.1 Å². The van der Waals surface area contributed by atoms with Crippen LogP contribution in [0.3, 0.4) is 0 Å². The number of fused-ring (bicyclic) bond motifs is 1. The lowest BCUT2D eigenvalue weighted by atomic mass is 10.1. The number of thiazole rings is 1. The number of carbonyl (C=O) groups is 1. The van der Waals surface area contributed by atoms with Gasteiger partial charge >= 0.3 is 0 Å². The first-order valence-electron chi connectivity index (χ1n) is 10.6. The van der Waals surface area contributed by atoms with Crippen LogP contribution in [0.15, 0.2) is 46.8 Å². The Hall–Kier alpha value is -2.92. The van der Waals surface area contributed by atoms with Gasteiger partial charge in [0.15, 0.2) is 0 Å². The number of hydrogen-bond acceptors (Lipinski definition) is 7. The number of hydrogen-bond donors (Lipinski definition) is 2. The maximum Gasteiger partial charge on any atom is 0.257 e. The van der Waals surface area contributed by atoms with Crippen LogP contribution in [0.5, 0.6) is 0 Å². The number of aryl methyl sites for hydroxylation is 2. The Morgan fingerprint density at radius 2 is 2.06 bits per heavy atom. The van der Waals surface area contributed by atoms with E-state index in [1.165, 1.54) is 34.8 Å². The van der Waals surface area contributed by atoms with Gasteiger partial charge in [0.2, 0.25) is 5.43 Å². The lowest BCUT2D eigenvalue weighted by Gasteiger charge is -2.19. The SMILES string of the molecule is Cc1c(CN(C)CC(O)c2nccs2)sc2c(=O)c(C(=O)NCc3ccc(F)cc3)cn(C)c12. The summed E-state index contributed by atoms with van der Waals surface area (Å²) in [5, 5.41) is 15.6. The van der Waals surface area contributed by atoms with Crippen LogP contribution in [0.1, 0.15) is 37.5 Å². The molecule has 3 aromatic heterocycles. The lowest BCUT2D eigenvalue weighted by Crippen LogP contribution is -2.29. The lowest BCUT2D eigenvalue weighted by molar-refractivity contribution is 0.0949. The third kappa shape index (κ3) is 5.10. The van der Waals surface area contributed by atoms with Gasteiger partial charge in [-0.15, -0.1) is 22.7 Å². The Labute approximate surface area is 204 Å². The smallest absolute Gasteiger partial charge is 0.257 e. The predicted octanol–water partition coefficient (Wildman–Crippen LogP) is 3.60. The van der Waals surface area contributed by atoms with E-state index < -0.39 is 12.0 Å². The molecule has 0 bridgehead atoms. The molecule has 10 heteroatoms. The monoisotopic (exact) mass is 500 g/mol. The topological polar surface area (TPSA) is 87.5 Å². The number of nitrogens with one attached hydrogen (secondary N) is 1. The zero-order chi connectivity index (χ0) is 24.4. The molecule has 178 valence electrons. The molecule has 0 radical (unpaired) electrons. The van der Waals surface area contributed by atoms with Crippen LogP contribution < -0.4 is 10.7 Å². The van der Waals surface area contributed by atoms with Gasteiger partial charge in [-0.3, -0.25) is 14.5 Å². The number of pyridine rings is 1. The van der Waals surface area contributed by atoms with E-state index >= 15 is 0 Å². The third-order valence-electron chi connectivity index (χ3n) is 5.59. The van der Waals surface area contributed by atoms with E-state index in [2.05, 4.69) is 10.3 Å². The highest BCUT2D eigenvalue weighted by Gasteiger charge is 2.21. The molecule has 0 spiro atoms. The van der Waals surface area contributed by atoms with E-state index in [1.807, 2.05) is 35.9 Å². The van der Waals surface area contributed by atoms with Crippen molar-refractivity contribution in [3.8, 4) is 0 Å². The van der Waals surface area contributed by atoms with Gasteiger partial charge in [0.05, 0.1) is 10.2 Å². The largest absolute Gasteiger partial charge is 0.385 e. The summed E-state index contributed by atoms with van der Waals surface area (Å²) >= 11 is 2.79. The Morgan fingerprint density at radius 3 is 2.74 bits per heavy atom. The summed E-state index contributed by atoms with van der Waals surface area (Å²) in [6.45, 7) is 3.13. The fraction of sp³-hybridized carbons (Fsp3) is 0.292. The van der Waals surface area contributed by atoms with Gasteiger partial charge < -0.3 is 15.0 Å². The average molecular weight is 501 g/mol. The second-order valence-corrected chi connectivity index (χ2v) is 10.2. The Balaban J connectivity index is 1.54. The second kappa shape index (κ2) is 10.1. The van der Waals surface area contributed by atoms with Gasteiger partial charge in [-0.05, 0) is 37.2 Å². The molecule has 0 aliphatic rings. The van der Waals surface area contributed by atoms with Crippen molar-refractivity contribution in [2.75, 3.05) is 13.6 Å². The average Bonchev–Trinajstić information content (AvgIpc) is 3.45. The minimum absolute atomic E-state index is 0.0671. The normalized spacial score (nSPS) is 12.4. The van der Waals surface area contributed by atoms with Crippen molar-refractivity contribution < 1.29 is 14.3 Å². The van der Waals surface area contributed by atoms with Gasteiger partial charge in [-0.25, -0.2) is 9.37 Å². The summed E-state index contributed by atoms with van der Waals surface area (Å²) in [7, 11) is 3.73. The molecule has 1 unspecified atom stereocenters. The second-order valence-electron chi connectivity index (χ2n) is 8.20. The summed E-state index contributed by atoms with van der Waals surface area (Å²) in [5.74, 6) is -0.815. The molecule has 0 saturated heterocycles. The van der Waals surface area contributed by atoms with E-state index in [1.54, 1.807) is 24.5 Å². The number of aliphatic hydroxyl groups excluding tert-OH is 1. The highest BCUT2D eigenvalue weighted by Crippen LogP contribution is 2.30. The Bertz CT molecular complexity index is 1360. The fourth-order valence-electron chi connectivity index (χ4n) is 3.84. The standard InChI is InChI=1S/C24H25FN4O3S2/c1-14-19(13-28(2)12-18(30)24-26-8-9-33-24)34-22-20(14)29(3)11-17(21(22)31)23(32)27-10-15-4-6-16(25)7-5-15/h4-9,11,18,30H,10,12-13H2,1-3H3,(H,27,32). The Kier molecular flexibility index (Phi) is 7.22. The number of nitrogens with zero attached hydrogens (tertiary/aromatic N) is 3. The van der Waals surface area contributed by atoms with Gasteiger partial charge in [-0.2, -0.15) is 0 Å². The van der Waals surface area contributed by atoms with Gasteiger partial charge in [0.1, 0.15) is 22.5 Å². The molecule has 3 heterocycles. The fourth-order valence-corrected chi connectivity index (χ4v) is 5.83. The van der Waals surface area contributed by atoms with Crippen molar-refractivity contribution in [3.63, 3.8) is 0 Å².